The molecular formula is C16H23N5O2. The van der Waals surface area contributed by atoms with Gasteiger partial charge >= 0.3 is 0 Å². The summed E-state index contributed by atoms with van der Waals surface area (Å²) in [5, 5.41) is 4.33. The third-order valence-corrected chi connectivity index (χ3v) is 4.43. The zero-order chi connectivity index (χ0) is 16.6. The van der Waals surface area contributed by atoms with E-state index in [4.69, 9.17) is 10.2 Å². The summed E-state index contributed by atoms with van der Waals surface area (Å²) < 4.78 is 7.32. The molecule has 23 heavy (non-hydrogen) atoms. The first kappa shape index (κ1) is 15.6. The highest BCUT2D eigenvalue weighted by Gasteiger charge is 2.35. The summed E-state index contributed by atoms with van der Waals surface area (Å²) >= 11 is 0. The fourth-order valence-electron chi connectivity index (χ4n) is 3.15. The van der Waals surface area contributed by atoms with Crippen LogP contribution in [0.2, 0.25) is 0 Å². The van der Waals surface area contributed by atoms with Crippen molar-refractivity contribution in [1.82, 2.24) is 19.7 Å². The Balaban J connectivity index is 1.87. The van der Waals surface area contributed by atoms with E-state index in [1.54, 1.807) is 11.9 Å². The van der Waals surface area contributed by atoms with Crippen molar-refractivity contribution in [1.29, 1.82) is 0 Å². The second kappa shape index (κ2) is 6.06. The van der Waals surface area contributed by atoms with E-state index in [1.165, 1.54) is 4.68 Å². The van der Waals surface area contributed by atoms with Gasteiger partial charge in [-0.15, -0.1) is 0 Å². The second-order valence-corrected chi connectivity index (χ2v) is 5.87. The number of carbonyl (C=O) groups excluding carboxylic acids is 1. The molecule has 3 heterocycles. The minimum Gasteiger partial charge on any atom is -0.456 e. The van der Waals surface area contributed by atoms with E-state index in [9.17, 15) is 4.79 Å². The van der Waals surface area contributed by atoms with Crippen LogP contribution in [0.4, 0.5) is 5.95 Å². The zero-order valence-electron chi connectivity index (χ0n) is 13.9. The van der Waals surface area contributed by atoms with Gasteiger partial charge in [-0.25, -0.2) is 4.68 Å². The van der Waals surface area contributed by atoms with Crippen molar-refractivity contribution in [2.45, 2.75) is 45.6 Å². The van der Waals surface area contributed by atoms with E-state index >= 15 is 0 Å². The first-order valence-electron chi connectivity index (χ1n) is 8.14. The van der Waals surface area contributed by atoms with Gasteiger partial charge in [0.1, 0.15) is 5.76 Å². The van der Waals surface area contributed by atoms with E-state index in [0.717, 1.165) is 37.0 Å². The molecule has 1 atom stereocenters. The van der Waals surface area contributed by atoms with E-state index in [1.807, 2.05) is 13.0 Å². The van der Waals surface area contributed by atoms with Crippen LogP contribution in [0.5, 0.6) is 0 Å². The van der Waals surface area contributed by atoms with E-state index in [0.29, 0.717) is 24.1 Å². The lowest BCUT2D eigenvalue weighted by Crippen LogP contribution is -2.31. The van der Waals surface area contributed by atoms with Gasteiger partial charge in [0.25, 0.3) is 5.91 Å². The molecule has 1 aliphatic rings. The Labute approximate surface area is 135 Å². The maximum atomic E-state index is 12.9. The molecule has 2 N–H and O–H groups in total. The maximum Gasteiger partial charge on any atom is 0.290 e. The molecule has 0 spiro atoms. The van der Waals surface area contributed by atoms with E-state index in [-0.39, 0.29) is 11.9 Å². The fourth-order valence-corrected chi connectivity index (χ4v) is 3.15. The Morgan fingerprint density at radius 1 is 1.43 bits per heavy atom. The molecule has 1 saturated heterocycles. The van der Waals surface area contributed by atoms with Crippen LogP contribution < -0.4 is 5.73 Å². The lowest BCUT2D eigenvalue weighted by Gasteiger charge is -2.21. The summed E-state index contributed by atoms with van der Waals surface area (Å²) in [7, 11) is 1.75. The number of nitrogens with zero attached hydrogens (tertiary/aromatic N) is 4. The first-order valence-corrected chi connectivity index (χ1v) is 8.14. The lowest BCUT2D eigenvalue weighted by molar-refractivity contribution is 0.0695. The minimum atomic E-state index is -0.133. The van der Waals surface area contributed by atoms with Gasteiger partial charge in [-0.1, -0.05) is 13.8 Å². The fraction of sp³-hybridized carbons (Fsp3) is 0.562. The van der Waals surface area contributed by atoms with Gasteiger partial charge in [-0.05, 0) is 30.9 Å². The Morgan fingerprint density at radius 2 is 2.22 bits per heavy atom. The van der Waals surface area contributed by atoms with Gasteiger partial charge < -0.3 is 15.1 Å². The molecule has 3 rings (SSSR count). The molecule has 0 radical (unpaired) electrons. The van der Waals surface area contributed by atoms with Gasteiger partial charge in [0.15, 0.2) is 11.6 Å². The number of nitrogens with two attached hydrogens (primary N) is 1. The second-order valence-electron chi connectivity index (χ2n) is 5.87. The molecule has 1 fully saturated rings. The van der Waals surface area contributed by atoms with Crippen LogP contribution in [0.25, 0.3) is 0 Å². The van der Waals surface area contributed by atoms with Crippen molar-refractivity contribution in [2.75, 3.05) is 12.3 Å². The molecular weight excluding hydrogens is 294 g/mol. The summed E-state index contributed by atoms with van der Waals surface area (Å²) in [5.74, 6) is 2.18. The minimum absolute atomic E-state index is 0.0899. The summed E-state index contributed by atoms with van der Waals surface area (Å²) in [6, 6.07) is 1.74. The van der Waals surface area contributed by atoms with Gasteiger partial charge in [-0.3, -0.25) is 4.79 Å². The lowest BCUT2D eigenvalue weighted by atomic mass is 10.1. The predicted molar refractivity (Wildman–Crippen MR) is 85.9 cm³/mol. The molecule has 1 unspecified atom stereocenters. The van der Waals surface area contributed by atoms with Crippen molar-refractivity contribution in [3.05, 3.63) is 29.0 Å². The molecule has 0 bridgehead atoms. The summed E-state index contributed by atoms with van der Waals surface area (Å²) in [5.41, 5.74) is 6.87. The number of amides is 1. The topological polar surface area (TPSA) is 90.2 Å². The molecule has 0 aromatic carbocycles. The van der Waals surface area contributed by atoms with E-state index in [2.05, 4.69) is 17.0 Å². The molecule has 124 valence electrons. The van der Waals surface area contributed by atoms with Crippen LogP contribution in [-0.2, 0) is 19.9 Å². The van der Waals surface area contributed by atoms with Crippen molar-refractivity contribution >= 4 is 11.9 Å². The number of anilines is 1. The Bertz CT molecular complexity index is 677. The smallest absolute Gasteiger partial charge is 0.290 e. The highest BCUT2D eigenvalue weighted by atomic mass is 16.4. The number of nitrogen functional groups attached to an aromatic ring is 1. The number of aromatic nitrogens is 3. The van der Waals surface area contributed by atoms with Gasteiger partial charge in [-0.2, -0.15) is 10.1 Å². The maximum absolute atomic E-state index is 12.9. The van der Waals surface area contributed by atoms with Crippen LogP contribution >= 0.6 is 0 Å². The highest BCUT2D eigenvalue weighted by molar-refractivity contribution is 5.92. The Kier molecular flexibility index (Phi) is 4.11. The monoisotopic (exact) mass is 317 g/mol. The molecule has 2 aromatic heterocycles. The average Bonchev–Trinajstić information content (AvgIpc) is 3.25. The Morgan fingerprint density at radius 3 is 2.78 bits per heavy atom. The van der Waals surface area contributed by atoms with Gasteiger partial charge in [0.2, 0.25) is 5.95 Å². The van der Waals surface area contributed by atoms with Crippen molar-refractivity contribution < 1.29 is 9.21 Å². The molecule has 1 aliphatic heterocycles. The molecule has 1 amide bonds. The standard InChI is InChI=1S/C16H23N5O2/c1-4-10-9-13(23-12(10)5-2)15(22)21-8-6-7-11(21)14-18-16(17)20(3)19-14/h9,11H,4-8H2,1-3H3,(H2,17,18,19). The molecule has 0 aliphatic carbocycles. The number of hydrogen-bond acceptors (Lipinski definition) is 5. The predicted octanol–water partition coefficient (Wildman–Crippen LogP) is 2.09. The zero-order valence-corrected chi connectivity index (χ0v) is 13.9. The number of aryl methyl sites for hydroxylation is 3. The first-order chi connectivity index (χ1) is 11.0. The highest BCUT2D eigenvalue weighted by Crippen LogP contribution is 2.32. The van der Waals surface area contributed by atoms with Gasteiger partial charge in [0, 0.05) is 20.0 Å². The third kappa shape index (κ3) is 2.71. The van der Waals surface area contributed by atoms with Crippen molar-refractivity contribution in [3.63, 3.8) is 0 Å². The molecule has 2 aromatic rings. The largest absolute Gasteiger partial charge is 0.456 e. The van der Waals surface area contributed by atoms with Crippen LogP contribution in [-0.4, -0.2) is 32.1 Å². The summed E-state index contributed by atoms with van der Waals surface area (Å²) in [4.78, 5) is 18.9. The van der Waals surface area contributed by atoms with E-state index < -0.39 is 0 Å². The third-order valence-electron chi connectivity index (χ3n) is 4.43. The van der Waals surface area contributed by atoms with Crippen molar-refractivity contribution in [2.24, 2.45) is 7.05 Å². The normalized spacial score (nSPS) is 17.9. The Hall–Kier alpha value is -2.31. The van der Waals surface area contributed by atoms with Gasteiger partial charge in [0.05, 0.1) is 6.04 Å². The number of rotatable bonds is 4. The van der Waals surface area contributed by atoms with Crippen LogP contribution in [0.15, 0.2) is 10.5 Å². The van der Waals surface area contributed by atoms with Crippen LogP contribution in [0.1, 0.15) is 60.4 Å². The number of furan rings is 1. The summed E-state index contributed by atoms with van der Waals surface area (Å²) in [6.07, 6.45) is 3.42. The SMILES string of the molecule is CCc1cc(C(=O)N2CCCC2c2nc(N)n(C)n2)oc1CC. The van der Waals surface area contributed by atoms with Crippen LogP contribution in [0.3, 0.4) is 0 Å². The average molecular weight is 317 g/mol. The number of likely N-dealkylation sites (tertiary alicyclic amines) is 1. The van der Waals surface area contributed by atoms with Crippen molar-refractivity contribution in [3.8, 4) is 0 Å². The molecule has 0 saturated carbocycles. The molecule has 7 nitrogen and oxygen atoms in total. The summed E-state index contributed by atoms with van der Waals surface area (Å²) in [6.45, 7) is 4.79. The quantitative estimate of drug-likeness (QED) is 0.932. The number of hydrogen-bond donors (Lipinski definition) is 1. The number of carbonyl (C=O) groups is 1. The van der Waals surface area contributed by atoms with Crippen LogP contribution in [0, 0.1) is 0 Å². The molecule has 7 heteroatoms.